The quantitative estimate of drug-likeness (QED) is 0.142. The van der Waals surface area contributed by atoms with Crippen LogP contribution in [0, 0.1) is 0 Å². The Bertz CT molecular complexity index is 329. The Labute approximate surface area is 111 Å². The zero-order chi connectivity index (χ0) is 14.6. The van der Waals surface area contributed by atoms with Crippen molar-refractivity contribution in [1.82, 2.24) is 0 Å². The lowest BCUT2D eigenvalue weighted by Gasteiger charge is -2.12. The second-order valence-corrected chi connectivity index (χ2v) is 4.32. The normalized spacial score (nSPS) is 13.3. The van der Waals surface area contributed by atoms with Gasteiger partial charge in [0.2, 0.25) is 0 Å². The molecule has 9 heteroatoms. The number of hydrogen-bond acceptors (Lipinski definition) is 7. The standard InChI is InChI=1S/C10H17O8P/c1-3-10(11)16-6-8-18-19(12,13)17-7-5-15-9-14-4-2/h3-4H,1-2,5-9H2,(H,12,13). The number of phosphoric acid groups is 1. The van der Waals surface area contributed by atoms with Crippen LogP contribution < -0.4 is 0 Å². The molecule has 0 aliphatic carbocycles. The van der Waals surface area contributed by atoms with E-state index in [0.29, 0.717) is 0 Å². The van der Waals surface area contributed by atoms with Gasteiger partial charge in [0.1, 0.15) is 6.61 Å². The number of esters is 1. The first-order chi connectivity index (χ1) is 9.02. The molecule has 0 aliphatic rings. The molecule has 0 saturated carbocycles. The summed E-state index contributed by atoms with van der Waals surface area (Å²) in [5, 5.41) is 0. The minimum absolute atomic E-state index is 0.0268. The molecule has 1 unspecified atom stereocenters. The molecule has 0 radical (unpaired) electrons. The van der Waals surface area contributed by atoms with Gasteiger partial charge in [-0.15, -0.1) is 0 Å². The molecule has 0 heterocycles. The molecule has 0 saturated heterocycles. The number of carbonyl (C=O) groups excluding carboxylic acids is 1. The van der Waals surface area contributed by atoms with Crippen molar-refractivity contribution in [2.75, 3.05) is 33.2 Å². The predicted octanol–water partition coefficient (Wildman–Crippen LogP) is 0.983. The monoisotopic (exact) mass is 296 g/mol. The summed E-state index contributed by atoms with van der Waals surface area (Å²) in [5.74, 6) is -0.645. The Hall–Kier alpha value is -1.18. The third-order valence-corrected chi connectivity index (χ3v) is 2.52. The third-order valence-electron chi connectivity index (χ3n) is 1.50. The molecule has 1 N–H and O–H groups in total. The second-order valence-electron chi connectivity index (χ2n) is 2.87. The van der Waals surface area contributed by atoms with Gasteiger partial charge in [-0.3, -0.25) is 9.05 Å². The largest absolute Gasteiger partial charge is 0.476 e. The van der Waals surface area contributed by atoms with E-state index in [1.807, 2.05) is 0 Å². The number of rotatable bonds is 12. The fourth-order valence-corrected chi connectivity index (χ4v) is 1.44. The molecule has 0 aromatic heterocycles. The summed E-state index contributed by atoms with van der Waals surface area (Å²) in [4.78, 5) is 19.8. The smallest absolute Gasteiger partial charge is 0.472 e. The molecular formula is C10H17O8P. The minimum atomic E-state index is -4.17. The Morgan fingerprint density at radius 3 is 2.37 bits per heavy atom. The zero-order valence-electron chi connectivity index (χ0n) is 10.4. The van der Waals surface area contributed by atoms with E-state index in [1.165, 1.54) is 6.26 Å². The molecule has 0 spiro atoms. The van der Waals surface area contributed by atoms with Crippen molar-refractivity contribution in [3.63, 3.8) is 0 Å². The van der Waals surface area contributed by atoms with E-state index < -0.39 is 13.8 Å². The molecule has 0 fully saturated rings. The fraction of sp³-hybridized carbons (Fsp3) is 0.500. The van der Waals surface area contributed by atoms with Crippen LogP contribution in [-0.2, 0) is 32.6 Å². The molecule has 0 aromatic carbocycles. The average molecular weight is 296 g/mol. The number of carbonyl (C=O) groups is 1. The van der Waals surface area contributed by atoms with Crippen LogP contribution in [0.15, 0.2) is 25.5 Å². The summed E-state index contributed by atoms with van der Waals surface area (Å²) in [5.41, 5.74) is 0. The molecule has 1 atom stereocenters. The molecule has 0 aromatic rings. The summed E-state index contributed by atoms with van der Waals surface area (Å²) < 4.78 is 34.4. The number of phosphoric ester groups is 1. The molecular weight excluding hydrogens is 279 g/mol. The van der Waals surface area contributed by atoms with E-state index in [1.54, 1.807) is 0 Å². The van der Waals surface area contributed by atoms with E-state index in [4.69, 9.17) is 4.74 Å². The lowest BCUT2D eigenvalue weighted by atomic mass is 10.6. The van der Waals surface area contributed by atoms with Crippen LogP contribution in [0.5, 0.6) is 0 Å². The maximum absolute atomic E-state index is 11.3. The molecule has 8 nitrogen and oxygen atoms in total. The minimum Gasteiger partial charge on any atom is -0.476 e. The Morgan fingerprint density at radius 2 is 1.79 bits per heavy atom. The highest BCUT2D eigenvalue weighted by molar-refractivity contribution is 7.47. The Balaban J connectivity index is 3.57. The zero-order valence-corrected chi connectivity index (χ0v) is 11.3. The molecule has 19 heavy (non-hydrogen) atoms. The first-order valence-corrected chi connectivity index (χ1v) is 6.72. The van der Waals surface area contributed by atoms with Gasteiger partial charge in [0, 0.05) is 6.08 Å². The third kappa shape index (κ3) is 11.6. The van der Waals surface area contributed by atoms with Gasteiger partial charge >= 0.3 is 13.8 Å². The van der Waals surface area contributed by atoms with Gasteiger partial charge in [-0.05, 0) is 0 Å². The summed E-state index contributed by atoms with van der Waals surface area (Å²) in [7, 11) is -4.17. The summed E-state index contributed by atoms with van der Waals surface area (Å²) >= 11 is 0. The highest BCUT2D eigenvalue weighted by Crippen LogP contribution is 2.42. The fourth-order valence-electron chi connectivity index (χ4n) is 0.758. The average Bonchev–Trinajstić information content (AvgIpc) is 2.38. The van der Waals surface area contributed by atoms with Gasteiger partial charge in [0.15, 0.2) is 6.79 Å². The maximum atomic E-state index is 11.3. The van der Waals surface area contributed by atoms with Crippen molar-refractivity contribution in [3.8, 4) is 0 Å². The Kier molecular flexibility index (Phi) is 10.1. The van der Waals surface area contributed by atoms with Crippen LogP contribution in [0.1, 0.15) is 0 Å². The summed E-state index contributed by atoms with van der Waals surface area (Å²) in [6.45, 7) is 5.90. The lowest BCUT2D eigenvalue weighted by Crippen LogP contribution is -2.10. The summed E-state index contributed by atoms with van der Waals surface area (Å²) in [6.07, 6.45) is 2.17. The van der Waals surface area contributed by atoms with Crippen LogP contribution in [0.2, 0.25) is 0 Å². The van der Waals surface area contributed by atoms with Crippen LogP contribution in [0.25, 0.3) is 0 Å². The van der Waals surface area contributed by atoms with Gasteiger partial charge in [-0.25, -0.2) is 9.36 Å². The first kappa shape index (κ1) is 17.8. The number of hydrogen-bond donors (Lipinski definition) is 1. The first-order valence-electron chi connectivity index (χ1n) is 5.23. The van der Waals surface area contributed by atoms with E-state index in [9.17, 15) is 14.3 Å². The van der Waals surface area contributed by atoms with Gasteiger partial charge in [0.05, 0.1) is 26.1 Å². The SMILES string of the molecule is C=COCOCCOP(=O)(O)OCCOC(=O)C=C. The maximum Gasteiger partial charge on any atom is 0.472 e. The van der Waals surface area contributed by atoms with Crippen LogP contribution >= 0.6 is 7.82 Å². The molecule has 0 rings (SSSR count). The van der Waals surface area contributed by atoms with Gasteiger partial charge < -0.3 is 19.1 Å². The highest BCUT2D eigenvalue weighted by atomic mass is 31.2. The van der Waals surface area contributed by atoms with E-state index in [0.717, 1.165) is 6.08 Å². The lowest BCUT2D eigenvalue weighted by molar-refractivity contribution is -0.138. The van der Waals surface area contributed by atoms with Crippen molar-refractivity contribution in [1.29, 1.82) is 0 Å². The summed E-state index contributed by atoms with van der Waals surface area (Å²) in [6, 6.07) is 0. The molecule has 0 amide bonds. The van der Waals surface area contributed by atoms with Crippen molar-refractivity contribution < 1.29 is 37.5 Å². The van der Waals surface area contributed by atoms with E-state index in [2.05, 4.69) is 31.7 Å². The van der Waals surface area contributed by atoms with Crippen molar-refractivity contribution in [2.24, 2.45) is 0 Å². The second kappa shape index (κ2) is 10.7. The van der Waals surface area contributed by atoms with E-state index in [-0.39, 0.29) is 33.2 Å². The van der Waals surface area contributed by atoms with Crippen molar-refractivity contribution in [2.45, 2.75) is 0 Å². The van der Waals surface area contributed by atoms with Crippen LogP contribution in [-0.4, -0.2) is 44.1 Å². The van der Waals surface area contributed by atoms with Crippen molar-refractivity contribution in [3.05, 3.63) is 25.5 Å². The van der Waals surface area contributed by atoms with Gasteiger partial charge in [-0.2, -0.15) is 0 Å². The molecule has 110 valence electrons. The predicted molar refractivity (Wildman–Crippen MR) is 65.0 cm³/mol. The van der Waals surface area contributed by atoms with Crippen molar-refractivity contribution >= 4 is 13.8 Å². The molecule has 0 aliphatic heterocycles. The van der Waals surface area contributed by atoms with E-state index >= 15 is 0 Å². The highest BCUT2D eigenvalue weighted by Gasteiger charge is 2.20. The van der Waals surface area contributed by atoms with Gasteiger partial charge in [0.25, 0.3) is 0 Å². The molecule has 0 bridgehead atoms. The topological polar surface area (TPSA) is 101 Å². The van der Waals surface area contributed by atoms with Gasteiger partial charge in [-0.1, -0.05) is 13.2 Å². The number of ether oxygens (including phenoxy) is 3. The van der Waals surface area contributed by atoms with Crippen LogP contribution in [0.4, 0.5) is 0 Å². The van der Waals surface area contributed by atoms with Crippen LogP contribution in [0.3, 0.4) is 0 Å². The Morgan fingerprint density at radius 1 is 1.16 bits per heavy atom.